The Kier molecular flexibility index (Phi) is 5.83. The number of hydrogen-bond donors (Lipinski definition) is 0. The fourth-order valence-electron chi connectivity index (χ4n) is 3.25. The zero-order chi connectivity index (χ0) is 16.2. The molecule has 2 fully saturated rings. The maximum Gasteiger partial charge on any atom is 0.225 e. The second-order valence-corrected chi connectivity index (χ2v) is 8.68. The summed E-state index contributed by atoms with van der Waals surface area (Å²) >= 11 is 0. The lowest BCUT2D eigenvalue weighted by Gasteiger charge is -2.24. The molecule has 0 bridgehead atoms. The van der Waals surface area contributed by atoms with Gasteiger partial charge in [0.2, 0.25) is 11.8 Å². The van der Waals surface area contributed by atoms with Crippen LogP contribution in [-0.2, 0) is 19.4 Å². The molecule has 1 saturated heterocycles. The maximum absolute atomic E-state index is 12.4. The molecule has 0 aromatic rings. The van der Waals surface area contributed by atoms with E-state index in [1.165, 1.54) is 0 Å². The third-order valence-corrected chi connectivity index (χ3v) is 5.50. The molecule has 7 heteroatoms. The Hall–Kier alpha value is -1.11. The van der Waals surface area contributed by atoms with Crippen molar-refractivity contribution < 1.29 is 18.0 Å². The minimum absolute atomic E-state index is 0.0371. The van der Waals surface area contributed by atoms with Gasteiger partial charge in [0.1, 0.15) is 9.84 Å². The van der Waals surface area contributed by atoms with Crippen molar-refractivity contribution in [1.29, 1.82) is 0 Å². The molecule has 0 radical (unpaired) electrons. The van der Waals surface area contributed by atoms with Gasteiger partial charge in [-0.2, -0.15) is 0 Å². The highest BCUT2D eigenvalue weighted by Crippen LogP contribution is 2.26. The molecule has 1 saturated carbocycles. The summed E-state index contributed by atoms with van der Waals surface area (Å²) in [5.74, 6) is 0.184. The monoisotopic (exact) mass is 330 g/mol. The quantitative estimate of drug-likeness (QED) is 0.759. The first-order valence-corrected chi connectivity index (χ1v) is 10.2. The van der Waals surface area contributed by atoms with Crippen LogP contribution >= 0.6 is 0 Å². The maximum atomic E-state index is 12.4. The Labute approximate surface area is 132 Å². The van der Waals surface area contributed by atoms with Gasteiger partial charge in [0.25, 0.3) is 0 Å². The van der Waals surface area contributed by atoms with Gasteiger partial charge in [0.05, 0.1) is 5.75 Å². The lowest BCUT2D eigenvalue weighted by molar-refractivity contribution is -0.136. The highest BCUT2D eigenvalue weighted by Gasteiger charge is 2.29. The molecular formula is C15H26N2O4S. The molecule has 2 aliphatic rings. The van der Waals surface area contributed by atoms with Gasteiger partial charge in [0, 0.05) is 44.8 Å². The van der Waals surface area contributed by atoms with E-state index in [4.69, 9.17) is 0 Å². The summed E-state index contributed by atoms with van der Waals surface area (Å²) in [5, 5.41) is 0. The van der Waals surface area contributed by atoms with Crippen molar-refractivity contribution in [3.8, 4) is 0 Å². The topological polar surface area (TPSA) is 74.8 Å². The Bertz CT molecular complexity index is 512. The molecule has 0 N–H and O–H groups in total. The highest BCUT2D eigenvalue weighted by atomic mass is 32.2. The first-order valence-electron chi connectivity index (χ1n) is 8.11. The fourth-order valence-corrected chi connectivity index (χ4v) is 3.79. The van der Waals surface area contributed by atoms with Crippen LogP contribution in [0.4, 0.5) is 0 Å². The van der Waals surface area contributed by atoms with Crippen LogP contribution in [0.1, 0.15) is 38.5 Å². The van der Waals surface area contributed by atoms with Crippen LogP contribution < -0.4 is 0 Å². The standard InChI is InChI=1S/C15H26N2O4S/c1-22(20,21)12-7-14(18)16-8-4-9-17(11-10-16)15(19)13-5-2-3-6-13/h13H,2-12H2,1H3. The van der Waals surface area contributed by atoms with Crippen LogP contribution in [0, 0.1) is 5.92 Å². The van der Waals surface area contributed by atoms with E-state index in [1.54, 1.807) is 4.90 Å². The molecule has 6 nitrogen and oxygen atoms in total. The molecule has 0 atom stereocenters. The van der Waals surface area contributed by atoms with Crippen molar-refractivity contribution in [2.75, 3.05) is 38.2 Å². The molecule has 1 heterocycles. The van der Waals surface area contributed by atoms with E-state index in [0.29, 0.717) is 26.2 Å². The predicted molar refractivity (Wildman–Crippen MR) is 84.1 cm³/mol. The number of rotatable bonds is 4. The molecule has 0 spiro atoms. The molecule has 22 heavy (non-hydrogen) atoms. The Morgan fingerprint density at radius 3 is 2.18 bits per heavy atom. The van der Waals surface area contributed by atoms with Gasteiger partial charge in [-0.15, -0.1) is 0 Å². The average Bonchev–Trinajstić information content (AvgIpc) is 2.87. The van der Waals surface area contributed by atoms with Crippen molar-refractivity contribution in [3.05, 3.63) is 0 Å². The predicted octanol–water partition coefficient (Wildman–Crippen LogP) is 0.672. The third kappa shape index (κ3) is 4.97. The van der Waals surface area contributed by atoms with Crippen LogP contribution in [-0.4, -0.2) is 68.2 Å². The Balaban J connectivity index is 1.84. The van der Waals surface area contributed by atoms with E-state index in [2.05, 4.69) is 0 Å². The van der Waals surface area contributed by atoms with Crippen LogP contribution in [0.15, 0.2) is 0 Å². The van der Waals surface area contributed by atoms with E-state index in [9.17, 15) is 18.0 Å². The lowest BCUT2D eigenvalue weighted by atomic mass is 10.1. The van der Waals surface area contributed by atoms with Crippen LogP contribution in [0.2, 0.25) is 0 Å². The largest absolute Gasteiger partial charge is 0.341 e. The second kappa shape index (κ2) is 7.44. The van der Waals surface area contributed by atoms with Gasteiger partial charge in [0.15, 0.2) is 0 Å². The summed E-state index contributed by atoms with van der Waals surface area (Å²) in [4.78, 5) is 28.1. The molecule has 1 aliphatic carbocycles. The summed E-state index contributed by atoms with van der Waals surface area (Å²) in [6.45, 7) is 2.39. The van der Waals surface area contributed by atoms with Gasteiger partial charge >= 0.3 is 0 Å². The Morgan fingerprint density at radius 2 is 1.55 bits per heavy atom. The zero-order valence-corrected chi connectivity index (χ0v) is 14.1. The number of carbonyl (C=O) groups is 2. The van der Waals surface area contributed by atoms with Gasteiger partial charge in [-0.05, 0) is 19.3 Å². The van der Waals surface area contributed by atoms with Crippen molar-refractivity contribution in [2.24, 2.45) is 5.92 Å². The Morgan fingerprint density at radius 1 is 0.955 bits per heavy atom. The van der Waals surface area contributed by atoms with Gasteiger partial charge < -0.3 is 9.80 Å². The summed E-state index contributed by atoms with van der Waals surface area (Å²) in [7, 11) is -3.11. The molecular weight excluding hydrogens is 304 g/mol. The molecule has 0 aromatic carbocycles. The first-order chi connectivity index (χ1) is 10.4. The number of nitrogens with zero attached hydrogens (tertiary/aromatic N) is 2. The second-order valence-electron chi connectivity index (χ2n) is 6.42. The van der Waals surface area contributed by atoms with E-state index < -0.39 is 9.84 Å². The van der Waals surface area contributed by atoms with Gasteiger partial charge in [-0.3, -0.25) is 9.59 Å². The summed E-state index contributed by atoms with van der Waals surface area (Å²) in [5.41, 5.74) is 0. The molecule has 0 aromatic heterocycles. The third-order valence-electron chi connectivity index (χ3n) is 4.55. The average molecular weight is 330 g/mol. The van der Waals surface area contributed by atoms with Gasteiger partial charge in [-0.25, -0.2) is 8.42 Å². The van der Waals surface area contributed by atoms with Crippen LogP contribution in [0.25, 0.3) is 0 Å². The number of hydrogen-bond acceptors (Lipinski definition) is 4. The molecule has 1 aliphatic heterocycles. The van der Waals surface area contributed by atoms with Crippen molar-refractivity contribution in [2.45, 2.75) is 38.5 Å². The number of amides is 2. The lowest BCUT2D eigenvalue weighted by Crippen LogP contribution is -2.39. The number of sulfone groups is 1. The molecule has 2 amide bonds. The van der Waals surface area contributed by atoms with E-state index >= 15 is 0 Å². The summed E-state index contributed by atoms with van der Waals surface area (Å²) in [6.07, 6.45) is 6.21. The number of carbonyl (C=O) groups excluding carboxylic acids is 2. The van der Waals surface area contributed by atoms with Crippen molar-refractivity contribution in [3.63, 3.8) is 0 Å². The van der Waals surface area contributed by atoms with Crippen LogP contribution in [0.5, 0.6) is 0 Å². The highest BCUT2D eigenvalue weighted by molar-refractivity contribution is 7.90. The van der Waals surface area contributed by atoms with Gasteiger partial charge in [-0.1, -0.05) is 12.8 Å². The van der Waals surface area contributed by atoms with Crippen LogP contribution in [0.3, 0.4) is 0 Å². The normalized spacial score (nSPS) is 21.0. The summed E-state index contributed by atoms with van der Waals surface area (Å²) in [6, 6.07) is 0. The van der Waals surface area contributed by atoms with E-state index in [1.807, 2.05) is 4.90 Å². The SMILES string of the molecule is CS(=O)(=O)CCC(=O)N1CCCN(C(=O)C2CCCC2)CC1. The van der Waals surface area contributed by atoms with E-state index in [-0.39, 0.29) is 29.9 Å². The zero-order valence-electron chi connectivity index (χ0n) is 13.3. The first kappa shape index (κ1) is 17.2. The minimum atomic E-state index is -3.11. The van der Waals surface area contributed by atoms with E-state index in [0.717, 1.165) is 38.4 Å². The molecule has 126 valence electrons. The molecule has 0 unspecified atom stereocenters. The summed E-state index contributed by atoms with van der Waals surface area (Å²) < 4.78 is 22.3. The van der Waals surface area contributed by atoms with Crippen molar-refractivity contribution >= 4 is 21.7 Å². The smallest absolute Gasteiger partial charge is 0.225 e. The van der Waals surface area contributed by atoms with Crippen molar-refractivity contribution in [1.82, 2.24) is 9.80 Å². The molecule has 2 rings (SSSR count). The minimum Gasteiger partial charge on any atom is -0.341 e. The fraction of sp³-hybridized carbons (Fsp3) is 0.867.